The normalized spacial score (nSPS) is 11.5. The van der Waals surface area contributed by atoms with Gasteiger partial charge in [0.1, 0.15) is 0 Å². The van der Waals surface area contributed by atoms with E-state index >= 15 is 0 Å². The van der Waals surface area contributed by atoms with Crippen LogP contribution in [0, 0.1) is 0 Å². The largest absolute Gasteiger partial charge is 0.479 e. The molecule has 106 valence electrons. The van der Waals surface area contributed by atoms with Crippen LogP contribution in [0.25, 0.3) is 0 Å². The molecule has 0 atom stereocenters. The van der Waals surface area contributed by atoms with Crippen LogP contribution in [-0.4, -0.2) is 50.4 Å². The van der Waals surface area contributed by atoms with Crippen LogP contribution in [0.3, 0.4) is 0 Å². The summed E-state index contributed by atoms with van der Waals surface area (Å²) in [6.45, 7) is -0.727. The molecular formula is C9H12N2O7S. The van der Waals surface area contributed by atoms with E-state index in [4.69, 9.17) is 9.52 Å². The highest BCUT2D eigenvalue weighted by Crippen LogP contribution is 2.16. The van der Waals surface area contributed by atoms with Crippen LogP contribution < -0.4 is 5.48 Å². The number of hydrogen-bond donors (Lipinski definition) is 2. The number of amides is 1. The van der Waals surface area contributed by atoms with Crippen LogP contribution in [0.2, 0.25) is 0 Å². The summed E-state index contributed by atoms with van der Waals surface area (Å²) in [5.41, 5.74) is 1.80. The summed E-state index contributed by atoms with van der Waals surface area (Å²) >= 11 is 0. The van der Waals surface area contributed by atoms with Gasteiger partial charge in [0, 0.05) is 14.1 Å². The van der Waals surface area contributed by atoms with Crippen LogP contribution in [0.15, 0.2) is 21.6 Å². The second-order valence-corrected chi connectivity index (χ2v) is 5.60. The Morgan fingerprint density at radius 3 is 2.58 bits per heavy atom. The summed E-state index contributed by atoms with van der Waals surface area (Å²) in [7, 11) is -1.15. The second-order valence-electron chi connectivity index (χ2n) is 3.52. The van der Waals surface area contributed by atoms with Crippen molar-refractivity contribution < 1.29 is 32.4 Å². The van der Waals surface area contributed by atoms with E-state index in [1.54, 1.807) is 5.48 Å². The summed E-state index contributed by atoms with van der Waals surface area (Å²) < 4.78 is 29.1. The molecule has 0 aliphatic rings. The van der Waals surface area contributed by atoms with Gasteiger partial charge in [0.2, 0.25) is 5.09 Å². The van der Waals surface area contributed by atoms with Crippen molar-refractivity contribution in [2.45, 2.75) is 5.09 Å². The number of furan rings is 1. The van der Waals surface area contributed by atoms with Gasteiger partial charge in [0.25, 0.3) is 10.0 Å². The van der Waals surface area contributed by atoms with Crippen molar-refractivity contribution >= 4 is 21.9 Å². The molecule has 0 spiro atoms. The van der Waals surface area contributed by atoms with Crippen LogP contribution in [-0.2, 0) is 19.7 Å². The molecule has 0 aromatic carbocycles. The number of rotatable bonds is 6. The minimum atomic E-state index is -3.77. The van der Waals surface area contributed by atoms with Gasteiger partial charge >= 0.3 is 11.9 Å². The molecular weight excluding hydrogens is 280 g/mol. The molecule has 9 nitrogen and oxygen atoms in total. The van der Waals surface area contributed by atoms with E-state index in [0.29, 0.717) is 0 Å². The van der Waals surface area contributed by atoms with E-state index in [-0.39, 0.29) is 5.76 Å². The average molecular weight is 292 g/mol. The molecule has 2 N–H and O–H groups in total. The Balaban J connectivity index is 2.75. The smallest absolute Gasteiger partial charge is 0.332 e. The molecule has 19 heavy (non-hydrogen) atoms. The van der Waals surface area contributed by atoms with Crippen LogP contribution >= 0.6 is 0 Å². The standard InChI is InChI=1S/C9H12N2O7S/c1-11(2)19(15,16)8-4-3-6(18-8)9(14)10-17-5-7(12)13/h3-4H,5H2,1-2H3,(H,10,14)(H,12,13). The lowest BCUT2D eigenvalue weighted by Crippen LogP contribution is -2.26. The van der Waals surface area contributed by atoms with Gasteiger partial charge in [0.05, 0.1) is 0 Å². The number of carboxylic acid groups (broad SMARTS) is 1. The van der Waals surface area contributed by atoms with Gasteiger partial charge in [-0.2, -0.15) is 0 Å². The minimum absolute atomic E-state index is 0.314. The zero-order chi connectivity index (χ0) is 14.6. The van der Waals surface area contributed by atoms with Gasteiger partial charge in [-0.25, -0.2) is 23.0 Å². The maximum Gasteiger partial charge on any atom is 0.332 e. The molecule has 0 saturated heterocycles. The minimum Gasteiger partial charge on any atom is -0.479 e. The molecule has 0 bridgehead atoms. The first-order valence-corrected chi connectivity index (χ1v) is 6.35. The van der Waals surface area contributed by atoms with Crippen molar-refractivity contribution in [2.75, 3.05) is 20.7 Å². The first-order chi connectivity index (χ1) is 8.75. The fourth-order valence-corrected chi connectivity index (χ4v) is 1.77. The zero-order valence-corrected chi connectivity index (χ0v) is 10.9. The molecule has 0 aliphatic carbocycles. The van der Waals surface area contributed by atoms with E-state index < -0.39 is 33.6 Å². The van der Waals surface area contributed by atoms with Gasteiger partial charge in [-0.05, 0) is 12.1 Å². The highest BCUT2D eigenvalue weighted by Gasteiger charge is 2.23. The predicted molar refractivity (Wildman–Crippen MR) is 60.6 cm³/mol. The Morgan fingerprint density at radius 1 is 1.42 bits per heavy atom. The molecule has 0 fully saturated rings. The molecule has 0 radical (unpaired) electrons. The van der Waals surface area contributed by atoms with Gasteiger partial charge in [0.15, 0.2) is 12.4 Å². The highest BCUT2D eigenvalue weighted by atomic mass is 32.2. The van der Waals surface area contributed by atoms with Crippen molar-refractivity contribution in [1.82, 2.24) is 9.79 Å². The van der Waals surface area contributed by atoms with E-state index in [1.165, 1.54) is 14.1 Å². The van der Waals surface area contributed by atoms with Crippen LogP contribution in [0.5, 0.6) is 0 Å². The zero-order valence-electron chi connectivity index (χ0n) is 10.1. The fraction of sp³-hybridized carbons (Fsp3) is 0.333. The van der Waals surface area contributed by atoms with Crippen molar-refractivity contribution in [3.8, 4) is 0 Å². The first-order valence-electron chi connectivity index (χ1n) is 4.91. The number of hydroxylamine groups is 1. The van der Waals surface area contributed by atoms with Crippen molar-refractivity contribution in [2.24, 2.45) is 0 Å². The number of nitrogens with zero attached hydrogens (tertiary/aromatic N) is 1. The fourth-order valence-electron chi connectivity index (χ4n) is 0.974. The summed E-state index contributed by atoms with van der Waals surface area (Å²) in [5.74, 6) is -2.47. The molecule has 0 aliphatic heterocycles. The third-order valence-electron chi connectivity index (χ3n) is 1.90. The lowest BCUT2D eigenvalue weighted by atomic mass is 10.4. The predicted octanol–water partition coefficient (Wildman–Crippen LogP) is -0.724. The quantitative estimate of drug-likeness (QED) is 0.662. The number of aliphatic carboxylic acids is 1. The van der Waals surface area contributed by atoms with Crippen LogP contribution in [0.4, 0.5) is 0 Å². The van der Waals surface area contributed by atoms with Gasteiger partial charge in [-0.1, -0.05) is 0 Å². The number of carboxylic acids is 1. The van der Waals surface area contributed by atoms with Crippen LogP contribution in [0.1, 0.15) is 10.6 Å². The molecule has 1 aromatic heterocycles. The Labute approximate surface area is 108 Å². The molecule has 1 amide bonds. The van der Waals surface area contributed by atoms with Gasteiger partial charge < -0.3 is 9.52 Å². The van der Waals surface area contributed by atoms with E-state index in [0.717, 1.165) is 16.4 Å². The van der Waals surface area contributed by atoms with Crippen molar-refractivity contribution in [3.05, 3.63) is 17.9 Å². The maximum atomic E-state index is 11.7. The Bertz CT molecular complexity index is 575. The summed E-state index contributed by atoms with van der Waals surface area (Å²) in [4.78, 5) is 25.9. The Morgan fingerprint density at radius 2 is 2.05 bits per heavy atom. The second kappa shape index (κ2) is 5.82. The topological polar surface area (TPSA) is 126 Å². The third kappa shape index (κ3) is 3.77. The van der Waals surface area contributed by atoms with Crippen molar-refractivity contribution in [3.63, 3.8) is 0 Å². The molecule has 10 heteroatoms. The molecule has 0 saturated carbocycles. The van der Waals surface area contributed by atoms with E-state index in [9.17, 15) is 18.0 Å². The van der Waals surface area contributed by atoms with E-state index in [2.05, 4.69) is 4.84 Å². The Kier molecular flexibility index (Phi) is 4.64. The van der Waals surface area contributed by atoms with E-state index in [1.807, 2.05) is 0 Å². The first kappa shape index (κ1) is 15.1. The number of carbonyl (C=O) groups excluding carboxylic acids is 1. The highest BCUT2D eigenvalue weighted by molar-refractivity contribution is 7.88. The number of carbonyl (C=O) groups is 2. The van der Waals surface area contributed by atoms with Crippen molar-refractivity contribution in [1.29, 1.82) is 0 Å². The monoisotopic (exact) mass is 292 g/mol. The number of nitrogens with one attached hydrogen (secondary N) is 1. The van der Waals surface area contributed by atoms with Gasteiger partial charge in [-0.3, -0.25) is 9.63 Å². The number of sulfonamides is 1. The SMILES string of the molecule is CN(C)S(=O)(=O)c1ccc(C(=O)NOCC(=O)O)o1. The summed E-state index contributed by atoms with van der Waals surface area (Å²) in [5, 5.41) is 7.88. The maximum absolute atomic E-state index is 11.7. The Hall–Kier alpha value is -1.91. The lowest BCUT2D eigenvalue weighted by molar-refractivity contribution is -0.144. The lowest BCUT2D eigenvalue weighted by Gasteiger charge is -2.07. The molecule has 0 unspecified atom stereocenters. The number of hydrogen-bond acceptors (Lipinski definition) is 6. The molecule has 1 aromatic rings. The molecule has 1 heterocycles. The summed E-state index contributed by atoms with van der Waals surface area (Å²) in [6, 6.07) is 2.25. The molecule has 1 rings (SSSR count). The average Bonchev–Trinajstić information content (AvgIpc) is 2.77. The summed E-state index contributed by atoms with van der Waals surface area (Å²) in [6.07, 6.45) is 0. The third-order valence-corrected chi connectivity index (χ3v) is 3.59. The van der Waals surface area contributed by atoms with Gasteiger partial charge in [-0.15, -0.1) is 0 Å².